The van der Waals surface area contributed by atoms with Crippen LogP contribution in [-0.4, -0.2) is 36.1 Å². The average molecular weight is 337 g/mol. The number of nitrogens with one attached hydrogen (secondary N) is 2. The van der Waals surface area contributed by atoms with Gasteiger partial charge in [0.05, 0.1) is 0 Å². The van der Waals surface area contributed by atoms with Gasteiger partial charge < -0.3 is 15.4 Å². The minimum Gasteiger partial charge on any atom is -0.451 e. The van der Waals surface area contributed by atoms with Gasteiger partial charge in [-0.15, -0.1) is 17.9 Å². The number of ether oxygens (including phenoxy) is 1. The molecule has 1 aromatic heterocycles. The molecule has 1 fully saturated rings. The first kappa shape index (κ1) is 17.5. The minimum atomic E-state index is -0.580. The Morgan fingerprint density at radius 1 is 1.35 bits per heavy atom. The van der Waals surface area contributed by atoms with Crippen molar-refractivity contribution in [3.8, 4) is 0 Å². The Bertz CT molecular complexity index is 536. The topological polar surface area (TPSA) is 80.3 Å². The van der Waals surface area contributed by atoms with E-state index in [1.807, 2.05) is 0 Å². The molecule has 0 spiro atoms. The maximum atomic E-state index is 11.9. The van der Waals surface area contributed by atoms with Gasteiger partial charge in [-0.1, -0.05) is 31.8 Å². The SMILES string of the molecule is C=CCNc1nc(C(=O)OCC(=O)NC2CCCCCC2)cs1. The van der Waals surface area contributed by atoms with Crippen LogP contribution in [0, 0.1) is 0 Å². The Kier molecular flexibility index (Phi) is 7.06. The highest BCUT2D eigenvalue weighted by atomic mass is 32.1. The van der Waals surface area contributed by atoms with Crippen LogP contribution in [0.1, 0.15) is 49.0 Å². The van der Waals surface area contributed by atoms with E-state index < -0.39 is 5.97 Å². The summed E-state index contributed by atoms with van der Waals surface area (Å²) in [5.41, 5.74) is 0.212. The molecule has 126 valence electrons. The third-order valence-corrected chi connectivity index (χ3v) is 4.47. The van der Waals surface area contributed by atoms with Gasteiger partial charge >= 0.3 is 5.97 Å². The molecule has 2 rings (SSSR count). The highest BCUT2D eigenvalue weighted by molar-refractivity contribution is 7.13. The molecule has 1 aromatic rings. The van der Waals surface area contributed by atoms with E-state index in [1.165, 1.54) is 24.2 Å². The van der Waals surface area contributed by atoms with E-state index in [4.69, 9.17) is 4.74 Å². The molecule has 0 atom stereocenters. The van der Waals surface area contributed by atoms with Crippen LogP contribution in [0.3, 0.4) is 0 Å². The number of anilines is 1. The zero-order valence-electron chi connectivity index (χ0n) is 13.2. The molecule has 0 unspecified atom stereocenters. The van der Waals surface area contributed by atoms with Crippen LogP contribution in [0.25, 0.3) is 0 Å². The summed E-state index contributed by atoms with van der Waals surface area (Å²) in [6.45, 7) is 3.91. The maximum Gasteiger partial charge on any atom is 0.358 e. The Hall–Kier alpha value is -1.89. The lowest BCUT2D eigenvalue weighted by Gasteiger charge is -2.15. The molecular weight excluding hydrogens is 314 g/mol. The molecule has 2 N–H and O–H groups in total. The monoisotopic (exact) mass is 337 g/mol. The second-order valence-electron chi connectivity index (χ2n) is 5.54. The molecule has 1 saturated carbocycles. The zero-order chi connectivity index (χ0) is 16.5. The maximum absolute atomic E-state index is 11.9. The molecular formula is C16H23N3O3S. The lowest BCUT2D eigenvalue weighted by atomic mass is 10.1. The van der Waals surface area contributed by atoms with E-state index >= 15 is 0 Å². The number of thiazole rings is 1. The van der Waals surface area contributed by atoms with Gasteiger partial charge in [0.25, 0.3) is 5.91 Å². The first-order valence-corrected chi connectivity index (χ1v) is 8.84. The van der Waals surface area contributed by atoms with E-state index in [9.17, 15) is 9.59 Å². The van der Waals surface area contributed by atoms with E-state index in [-0.39, 0.29) is 24.2 Å². The Morgan fingerprint density at radius 3 is 2.78 bits per heavy atom. The van der Waals surface area contributed by atoms with Gasteiger partial charge in [-0.25, -0.2) is 9.78 Å². The first-order chi connectivity index (χ1) is 11.2. The van der Waals surface area contributed by atoms with Crippen LogP contribution in [-0.2, 0) is 9.53 Å². The summed E-state index contributed by atoms with van der Waals surface area (Å²) in [7, 11) is 0. The van der Waals surface area contributed by atoms with Crippen LogP contribution in [0.2, 0.25) is 0 Å². The fourth-order valence-electron chi connectivity index (χ4n) is 2.51. The Labute approximate surface area is 140 Å². The van der Waals surface area contributed by atoms with Gasteiger partial charge in [0.2, 0.25) is 0 Å². The Balaban J connectivity index is 1.73. The summed E-state index contributed by atoms with van der Waals surface area (Å²) in [5.74, 6) is -0.825. The summed E-state index contributed by atoms with van der Waals surface area (Å²) in [6, 6.07) is 0.206. The second-order valence-corrected chi connectivity index (χ2v) is 6.40. The summed E-state index contributed by atoms with van der Waals surface area (Å²) < 4.78 is 5.03. The summed E-state index contributed by atoms with van der Waals surface area (Å²) in [4.78, 5) is 27.9. The zero-order valence-corrected chi connectivity index (χ0v) is 14.0. The van der Waals surface area contributed by atoms with Gasteiger partial charge in [-0.05, 0) is 12.8 Å². The fraction of sp³-hybridized carbons (Fsp3) is 0.562. The minimum absolute atomic E-state index is 0.206. The second kappa shape index (κ2) is 9.29. The molecule has 0 aliphatic heterocycles. The van der Waals surface area contributed by atoms with Crippen LogP contribution in [0.5, 0.6) is 0 Å². The average Bonchev–Trinajstić information content (AvgIpc) is 2.88. The highest BCUT2D eigenvalue weighted by Crippen LogP contribution is 2.17. The molecule has 1 heterocycles. The number of amides is 1. The van der Waals surface area contributed by atoms with Gasteiger partial charge in [0, 0.05) is 18.0 Å². The van der Waals surface area contributed by atoms with E-state index in [2.05, 4.69) is 22.2 Å². The van der Waals surface area contributed by atoms with Crippen molar-refractivity contribution in [2.24, 2.45) is 0 Å². The van der Waals surface area contributed by atoms with Crippen molar-refractivity contribution in [2.45, 2.75) is 44.6 Å². The van der Waals surface area contributed by atoms with Crippen molar-refractivity contribution in [2.75, 3.05) is 18.5 Å². The van der Waals surface area contributed by atoms with Crippen LogP contribution in [0.15, 0.2) is 18.0 Å². The normalized spacial score (nSPS) is 15.5. The number of esters is 1. The van der Waals surface area contributed by atoms with E-state index in [1.54, 1.807) is 11.5 Å². The van der Waals surface area contributed by atoms with Crippen molar-refractivity contribution >= 4 is 28.3 Å². The molecule has 1 aliphatic rings. The number of nitrogens with zero attached hydrogens (tertiary/aromatic N) is 1. The summed E-state index contributed by atoms with van der Waals surface area (Å²) >= 11 is 1.31. The number of carbonyl (C=O) groups is 2. The molecule has 0 aromatic carbocycles. The first-order valence-electron chi connectivity index (χ1n) is 7.96. The number of rotatable bonds is 7. The molecule has 23 heavy (non-hydrogen) atoms. The molecule has 0 bridgehead atoms. The van der Waals surface area contributed by atoms with Gasteiger partial charge in [0.15, 0.2) is 17.4 Å². The quantitative estimate of drug-likeness (QED) is 0.454. The van der Waals surface area contributed by atoms with E-state index in [0.717, 1.165) is 25.7 Å². The van der Waals surface area contributed by atoms with Crippen LogP contribution >= 0.6 is 11.3 Å². The standard InChI is InChI=1S/C16H23N3O3S/c1-2-9-17-16-19-13(11-23-16)15(21)22-10-14(20)18-12-7-5-3-4-6-8-12/h2,11-12H,1,3-10H2,(H,17,19)(H,18,20). The van der Waals surface area contributed by atoms with Gasteiger partial charge in [0.1, 0.15) is 0 Å². The van der Waals surface area contributed by atoms with Crippen LogP contribution < -0.4 is 10.6 Å². The molecule has 0 saturated heterocycles. The third kappa shape index (κ3) is 6.02. The third-order valence-electron chi connectivity index (χ3n) is 3.67. The molecule has 0 radical (unpaired) electrons. The lowest BCUT2D eigenvalue weighted by Crippen LogP contribution is -2.37. The largest absolute Gasteiger partial charge is 0.451 e. The number of aromatic nitrogens is 1. The lowest BCUT2D eigenvalue weighted by molar-refractivity contribution is -0.125. The predicted octanol–water partition coefficient (Wildman–Crippen LogP) is 2.74. The molecule has 6 nitrogen and oxygen atoms in total. The molecule has 7 heteroatoms. The smallest absolute Gasteiger partial charge is 0.358 e. The fourth-order valence-corrected chi connectivity index (χ4v) is 3.20. The summed E-state index contributed by atoms with van der Waals surface area (Å²) in [6.07, 6.45) is 8.46. The molecule has 1 aliphatic carbocycles. The van der Waals surface area contributed by atoms with Gasteiger partial charge in [-0.2, -0.15) is 0 Å². The van der Waals surface area contributed by atoms with Crippen molar-refractivity contribution in [1.82, 2.24) is 10.3 Å². The summed E-state index contributed by atoms with van der Waals surface area (Å²) in [5, 5.41) is 8.17. The molecule has 1 amide bonds. The van der Waals surface area contributed by atoms with Gasteiger partial charge in [-0.3, -0.25) is 4.79 Å². The van der Waals surface area contributed by atoms with Crippen molar-refractivity contribution in [3.05, 3.63) is 23.7 Å². The van der Waals surface area contributed by atoms with Crippen molar-refractivity contribution in [3.63, 3.8) is 0 Å². The number of carbonyl (C=O) groups excluding carboxylic acids is 2. The van der Waals surface area contributed by atoms with Crippen molar-refractivity contribution in [1.29, 1.82) is 0 Å². The predicted molar refractivity (Wildman–Crippen MR) is 90.7 cm³/mol. The number of hydrogen-bond acceptors (Lipinski definition) is 6. The highest BCUT2D eigenvalue weighted by Gasteiger charge is 2.17. The number of hydrogen-bond donors (Lipinski definition) is 2. The van der Waals surface area contributed by atoms with Crippen LogP contribution in [0.4, 0.5) is 5.13 Å². The van der Waals surface area contributed by atoms with Crippen molar-refractivity contribution < 1.29 is 14.3 Å². The van der Waals surface area contributed by atoms with E-state index in [0.29, 0.717) is 11.7 Å². The Morgan fingerprint density at radius 2 is 2.09 bits per heavy atom.